The van der Waals surface area contributed by atoms with Crippen LogP contribution in [0.25, 0.3) is 10.2 Å². The minimum absolute atomic E-state index is 0.165. The van der Waals surface area contributed by atoms with Crippen LogP contribution >= 0.6 is 11.3 Å². The Morgan fingerprint density at radius 1 is 1.24 bits per heavy atom. The van der Waals surface area contributed by atoms with Crippen LogP contribution in [0, 0.1) is 13.8 Å². The van der Waals surface area contributed by atoms with E-state index in [-0.39, 0.29) is 12.1 Å². The lowest BCUT2D eigenvalue weighted by atomic mass is 10.2. The molecular weight excluding hydrogens is 440 g/mol. The second-order valence-electron chi connectivity index (χ2n) is 7.75. The Hall–Kier alpha value is -3.20. The van der Waals surface area contributed by atoms with Gasteiger partial charge in [0, 0.05) is 4.88 Å². The Labute approximate surface area is 197 Å². The lowest BCUT2D eigenvalue weighted by Crippen LogP contribution is -2.30. The largest absolute Gasteiger partial charge is 0.493 e. The van der Waals surface area contributed by atoms with Crippen LogP contribution in [0.5, 0.6) is 11.5 Å². The van der Waals surface area contributed by atoms with Gasteiger partial charge in [0.1, 0.15) is 11.4 Å². The zero-order valence-electron chi connectivity index (χ0n) is 19.5. The van der Waals surface area contributed by atoms with Gasteiger partial charge < -0.3 is 9.47 Å². The quantitative estimate of drug-likeness (QED) is 0.258. The third-order valence-electron chi connectivity index (χ3n) is 5.32. The summed E-state index contributed by atoms with van der Waals surface area (Å²) < 4.78 is 12.5. The van der Waals surface area contributed by atoms with E-state index in [4.69, 9.17) is 9.47 Å². The van der Waals surface area contributed by atoms with Crippen LogP contribution in [0.1, 0.15) is 48.6 Å². The molecule has 1 N–H and O–H groups in total. The number of amides is 1. The topological polar surface area (TPSA) is 94.8 Å². The Bertz CT molecular complexity index is 1200. The third-order valence-corrected chi connectivity index (χ3v) is 6.43. The maximum absolute atomic E-state index is 12.7. The molecule has 0 saturated heterocycles. The van der Waals surface area contributed by atoms with Crippen LogP contribution in [0.15, 0.2) is 34.4 Å². The number of aryl methyl sites for hydroxylation is 2. The van der Waals surface area contributed by atoms with Crippen LogP contribution < -0.4 is 20.5 Å². The second-order valence-corrected chi connectivity index (χ2v) is 8.96. The van der Waals surface area contributed by atoms with Gasteiger partial charge in [-0.3, -0.25) is 14.2 Å². The molecule has 8 nitrogen and oxygen atoms in total. The molecule has 1 amide bonds. The first-order valence-electron chi connectivity index (χ1n) is 11.0. The van der Waals surface area contributed by atoms with E-state index in [2.05, 4.69) is 22.4 Å². The normalized spacial score (nSPS) is 11.3. The molecule has 0 bridgehead atoms. The molecule has 0 radical (unpaired) electrons. The fourth-order valence-corrected chi connectivity index (χ4v) is 4.33. The molecule has 0 unspecified atom stereocenters. The van der Waals surface area contributed by atoms with Gasteiger partial charge in [-0.25, -0.2) is 10.4 Å². The number of aromatic nitrogens is 2. The summed E-state index contributed by atoms with van der Waals surface area (Å²) in [7, 11) is 1.58. The number of ether oxygens (including phenoxy) is 2. The smallest absolute Gasteiger partial charge is 0.262 e. The van der Waals surface area contributed by atoms with Crippen LogP contribution in [0.3, 0.4) is 0 Å². The number of hydrazone groups is 1. The van der Waals surface area contributed by atoms with E-state index >= 15 is 0 Å². The van der Waals surface area contributed by atoms with Crippen molar-refractivity contribution in [3.05, 3.63) is 50.9 Å². The van der Waals surface area contributed by atoms with Gasteiger partial charge in [0.15, 0.2) is 11.5 Å². The number of carbonyl (C=O) groups is 1. The minimum atomic E-state index is -0.418. The number of methoxy groups -OCH3 is 1. The summed E-state index contributed by atoms with van der Waals surface area (Å²) in [4.78, 5) is 31.0. The molecule has 0 fully saturated rings. The van der Waals surface area contributed by atoms with Crippen LogP contribution in [0.4, 0.5) is 0 Å². The number of fused-ring (bicyclic) bond motifs is 1. The molecule has 0 spiro atoms. The Balaban J connectivity index is 1.59. The molecule has 33 heavy (non-hydrogen) atoms. The molecule has 0 aliphatic carbocycles. The first-order valence-corrected chi connectivity index (χ1v) is 11.8. The van der Waals surface area contributed by atoms with Gasteiger partial charge in [-0.15, -0.1) is 11.3 Å². The van der Waals surface area contributed by atoms with E-state index < -0.39 is 5.91 Å². The van der Waals surface area contributed by atoms with Gasteiger partial charge in [-0.1, -0.05) is 26.2 Å². The number of carbonyl (C=O) groups excluding carboxylic acids is 1. The van der Waals surface area contributed by atoms with E-state index in [9.17, 15) is 9.59 Å². The molecular formula is C24H30N4O4S. The van der Waals surface area contributed by atoms with Gasteiger partial charge in [0.25, 0.3) is 11.5 Å². The molecule has 176 valence electrons. The van der Waals surface area contributed by atoms with Gasteiger partial charge in [0.05, 0.1) is 31.6 Å². The second kappa shape index (κ2) is 11.6. The zero-order chi connectivity index (χ0) is 23.8. The van der Waals surface area contributed by atoms with Crippen molar-refractivity contribution < 1.29 is 14.3 Å². The molecule has 0 aliphatic heterocycles. The van der Waals surface area contributed by atoms with Crippen LogP contribution in [-0.2, 0) is 11.3 Å². The zero-order valence-corrected chi connectivity index (χ0v) is 20.3. The Kier molecular flexibility index (Phi) is 8.59. The Morgan fingerprint density at radius 3 is 2.82 bits per heavy atom. The standard InChI is InChI=1S/C24H30N4O4S/c1-5-6-7-8-11-32-19-10-9-18(12-20(19)31-4)13-26-27-21(29)14-28-15-25-23-22(24(28)30)16(2)17(3)33-23/h9-10,12-13,15H,5-8,11,14H2,1-4H3,(H,27,29)/b26-13+. The number of unbranched alkanes of at least 4 members (excludes halogenated alkanes) is 3. The highest BCUT2D eigenvalue weighted by Crippen LogP contribution is 2.28. The fraction of sp³-hybridized carbons (Fsp3) is 0.417. The number of thiophene rings is 1. The number of benzene rings is 1. The molecule has 0 atom stereocenters. The summed E-state index contributed by atoms with van der Waals surface area (Å²) in [6.07, 6.45) is 7.45. The van der Waals surface area contributed by atoms with Crippen LogP contribution in [0.2, 0.25) is 0 Å². The number of nitrogens with one attached hydrogen (secondary N) is 1. The van der Waals surface area contributed by atoms with Gasteiger partial charge in [-0.2, -0.15) is 5.10 Å². The average Bonchev–Trinajstić information content (AvgIpc) is 3.10. The molecule has 3 rings (SSSR count). The Morgan fingerprint density at radius 2 is 2.06 bits per heavy atom. The van der Waals surface area contributed by atoms with Crippen molar-refractivity contribution in [1.29, 1.82) is 0 Å². The lowest BCUT2D eigenvalue weighted by Gasteiger charge is -2.11. The number of hydrogen-bond acceptors (Lipinski definition) is 7. The van der Waals surface area contributed by atoms with Crippen molar-refractivity contribution in [2.24, 2.45) is 5.10 Å². The molecule has 0 aliphatic rings. The van der Waals surface area contributed by atoms with Crippen molar-refractivity contribution in [1.82, 2.24) is 15.0 Å². The van der Waals surface area contributed by atoms with E-state index in [0.29, 0.717) is 28.3 Å². The molecule has 9 heteroatoms. The van der Waals surface area contributed by atoms with Crippen molar-refractivity contribution >= 4 is 33.7 Å². The fourth-order valence-electron chi connectivity index (χ4n) is 3.35. The van der Waals surface area contributed by atoms with E-state index in [1.54, 1.807) is 13.2 Å². The summed E-state index contributed by atoms with van der Waals surface area (Å²) in [5.41, 5.74) is 3.88. The van der Waals surface area contributed by atoms with Crippen molar-refractivity contribution in [2.75, 3.05) is 13.7 Å². The van der Waals surface area contributed by atoms with E-state index in [1.165, 1.54) is 41.3 Å². The molecule has 3 aromatic rings. The third kappa shape index (κ3) is 6.19. The summed E-state index contributed by atoms with van der Waals surface area (Å²) in [5.74, 6) is 0.864. The van der Waals surface area contributed by atoms with Crippen LogP contribution in [-0.4, -0.2) is 35.4 Å². The first-order chi connectivity index (χ1) is 15.9. The lowest BCUT2D eigenvalue weighted by molar-refractivity contribution is -0.121. The maximum atomic E-state index is 12.7. The monoisotopic (exact) mass is 470 g/mol. The number of hydrogen-bond donors (Lipinski definition) is 1. The molecule has 1 aromatic carbocycles. The highest BCUT2D eigenvalue weighted by atomic mass is 32.1. The minimum Gasteiger partial charge on any atom is -0.493 e. The molecule has 0 saturated carbocycles. The SMILES string of the molecule is CCCCCCOc1ccc(/C=N/NC(=O)Cn2cnc3sc(C)c(C)c3c2=O)cc1OC. The first kappa shape index (κ1) is 24.4. The summed E-state index contributed by atoms with van der Waals surface area (Å²) >= 11 is 1.48. The summed E-state index contributed by atoms with van der Waals surface area (Å²) in [6.45, 7) is 6.50. The van der Waals surface area contributed by atoms with Crippen molar-refractivity contribution in [2.45, 2.75) is 53.0 Å². The average molecular weight is 471 g/mol. The maximum Gasteiger partial charge on any atom is 0.262 e. The van der Waals surface area contributed by atoms with Gasteiger partial charge in [-0.05, 0) is 49.6 Å². The summed E-state index contributed by atoms with van der Waals surface area (Å²) in [5, 5.41) is 4.56. The van der Waals surface area contributed by atoms with Gasteiger partial charge in [0.2, 0.25) is 0 Å². The van der Waals surface area contributed by atoms with Gasteiger partial charge >= 0.3 is 0 Å². The highest BCUT2D eigenvalue weighted by Gasteiger charge is 2.13. The summed E-state index contributed by atoms with van der Waals surface area (Å²) in [6, 6.07) is 5.46. The van der Waals surface area contributed by atoms with E-state index in [1.807, 2.05) is 26.0 Å². The molecule has 2 heterocycles. The highest BCUT2D eigenvalue weighted by molar-refractivity contribution is 7.18. The predicted molar refractivity (Wildman–Crippen MR) is 132 cm³/mol. The molecule has 2 aromatic heterocycles. The van der Waals surface area contributed by atoms with E-state index in [0.717, 1.165) is 28.8 Å². The van der Waals surface area contributed by atoms with Crippen molar-refractivity contribution in [3.8, 4) is 11.5 Å². The van der Waals surface area contributed by atoms with Crippen molar-refractivity contribution in [3.63, 3.8) is 0 Å². The number of nitrogens with zero attached hydrogens (tertiary/aromatic N) is 3. The number of rotatable bonds is 11. The predicted octanol–water partition coefficient (Wildman–Crippen LogP) is 4.19.